The first-order valence-corrected chi connectivity index (χ1v) is 11.8. The Morgan fingerprint density at radius 2 is 2.00 bits per heavy atom. The van der Waals surface area contributed by atoms with Crippen LogP contribution in [0.4, 0.5) is 10.3 Å². The summed E-state index contributed by atoms with van der Waals surface area (Å²) in [6.45, 7) is 5.17. The van der Waals surface area contributed by atoms with E-state index in [9.17, 15) is 9.50 Å². The summed E-state index contributed by atoms with van der Waals surface area (Å²) in [5, 5.41) is 17.3. The summed E-state index contributed by atoms with van der Waals surface area (Å²) in [4.78, 5) is 19.5. The summed E-state index contributed by atoms with van der Waals surface area (Å²) in [6.07, 6.45) is 6.15. The highest BCUT2D eigenvalue weighted by Crippen LogP contribution is 2.38. The van der Waals surface area contributed by atoms with Gasteiger partial charge in [-0.05, 0) is 11.5 Å². The highest BCUT2D eigenvalue weighted by Gasteiger charge is 2.50. The second-order valence-electron chi connectivity index (χ2n) is 8.79. The highest BCUT2D eigenvalue weighted by atomic mass is 32.1. The average molecular weight is 484 g/mol. The molecule has 2 aromatic heterocycles. The van der Waals surface area contributed by atoms with Crippen molar-refractivity contribution in [2.24, 2.45) is 5.92 Å². The normalized spacial score (nSPS) is 21.2. The monoisotopic (exact) mass is 483 g/mol. The van der Waals surface area contributed by atoms with Gasteiger partial charge in [-0.2, -0.15) is 0 Å². The minimum absolute atomic E-state index is 0.0788. The Balaban J connectivity index is 1.62. The topological polar surface area (TPSA) is 99.1 Å². The van der Waals surface area contributed by atoms with Crippen molar-refractivity contribution in [3.63, 3.8) is 0 Å². The van der Waals surface area contributed by atoms with Crippen molar-refractivity contribution in [3.8, 4) is 0 Å². The van der Waals surface area contributed by atoms with Gasteiger partial charge in [0.15, 0.2) is 5.82 Å². The van der Waals surface area contributed by atoms with Gasteiger partial charge in [0.2, 0.25) is 5.95 Å². The molecule has 3 heterocycles. The predicted molar refractivity (Wildman–Crippen MR) is 132 cm³/mol. The van der Waals surface area contributed by atoms with E-state index in [1.165, 1.54) is 6.20 Å². The molecular weight excluding hydrogens is 453 g/mol. The van der Waals surface area contributed by atoms with E-state index in [1.54, 1.807) is 18.6 Å². The Bertz CT molecular complexity index is 1080. The molecule has 0 spiro atoms. The molecule has 1 saturated heterocycles. The third-order valence-corrected chi connectivity index (χ3v) is 6.46. The molecule has 3 atom stereocenters. The van der Waals surface area contributed by atoms with Crippen LogP contribution in [-0.2, 0) is 12.1 Å². The molecule has 1 aliphatic rings. The van der Waals surface area contributed by atoms with Gasteiger partial charge in [0.25, 0.3) is 0 Å². The summed E-state index contributed by atoms with van der Waals surface area (Å²) in [6, 6.07) is 10.0. The fourth-order valence-corrected chi connectivity index (χ4v) is 4.69. The van der Waals surface area contributed by atoms with Gasteiger partial charge in [0.1, 0.15) is 5.50 Å². The molecule has 1 aliphatic heterocycles. The van der Waals surface area contributed by atoms with Crippen LogP contribution in [0.5, 0.6) is 0 Å². The Morgan fingerprint density at radius 3 is 2.68 bits per heavy atom. The van der Waals surface area contributed by atoms with E-state index >= 15 is 0 Å². The van der Waals surface area contributed by atoms with Gasteiger partial charge < -0.3 is 10.0 Å². The smallest absolute Gasteiger partial charge is 0.225 e. The van der Waals surface area contributed by atoms with Crippen molar-refractivity contribution in [2.45, 2.75) is 37.3 Å². The zero-order valence-corrected chi connectivity index (χ0v) is 20.2. The minimum Gasteiger partial charge on any atom is -0.396 e. The Labute approximate surface area is 204 Å². The van der Waals surface area contributed by atoms with Crippen molar-refractivity contribution in [1.29, 1.82) is 0 Å². The summed E-state index contributed by atoms with van der Waals surface area (Å²) in [5.41, 5.74) is 0.992. The van der Waals surface area contributed by atoms with Gasteiger partial charge in [0, 0.05) is 44.6 Å². The SMILES string of the molecule is CC(C)c1nc(N2CC(CO)C(NC(S)NCc3ccccc3)(c3cnccn3)C2)ncc1F. The molecule has 8 nitrogen and oxygen atoms in total. The lowest BCUT2D eigenvalue weighted by atomic mass is 9.84. The summed E-state index contributed by atoms with van der Waals surface area (Å²) < 4.78 is 14.2. The molecule has 180 valence electrons. The molecule has 1 fully saturated rings. The van der Waals surface area contributed by atoms with Gasteiger partial charge in [0.05, 0.1) is 29.3 Å². The summed E-state index contributed by atoms with van der Waals surface area (Å²) in [7, 11) is 0. The molecule has 3 aromatic rings. The number of aliphatic hydroxyl groups excluding tert-OH is 1. The average Bonchev–Trinajstić information content (AvgIpc) is 3.23. The number of hydrogen-bond donors (Lipinski definition) is 4. The standard InChI is InChI=1S/C24H30FN7OS/c1-16(2)21-19(25)11-28-22(30-21)32-13-18(14-33)24(15-32,20-12-26-8-9-27-20)31-23(34)29-10-17-6-4-3-5-7-17/h3-9,11-12,16,18,23,29,31,33-34H,10,13-15H2,1-2H3. The Hall–Kier alpha value is -2.66. The largest absolute Gasteiger partial charge is 0.396 e. The number of benzene rings is 1. The van der Waals surface area contributed by atoms with E-state index in [0.29, 0.717) is 37.0 Å². The number of halogens is 1. The third kappa shape index (κ3) is 5.20. The van der Waals surface area contributed by atoms with Crippen LogP contribution in [0.25, 0.3) is 0 Å². The fraction of sp³-hybridized carbons (Fsp3) is 0.417. The lowest BCUT2D eigenvalue weighted by Crippen LogP contribution is -2.56. The molecule has 34 heavy (non-hydrogen) atoms. The van der Waals surface area contributed by atoms with Crippen molar-refractivity contribution >= 4 is 18.6 Å². The quantitative estimate of drug-likeness (QED) is 0.272. The van der Waals surface area contributed by atoms with Crippen molar-refractivity contribution in [2.75, 3.05) is 24.6 Å². The second kappa shape index (κ2) is 10.7. The number of rotatable bonds is 9. The van der Waals surface area contributed by atoms with Crippen LogP contribution in [-0.4, -0.2) is 50.2 Å². The Kier molecular flexibility index (Phi) is 7.72. The number of aromatic nitrogens is 4. The number of anilines is 1. The fourth-order valence-electron chi connectivity index (χ4n) is 4.37. The Morgan fingerprint density at radius 1 is 1.21 bits per heavy atom. The maximum Gasteiger partial charge on any atom is 0.225 e. The van der Waals surface area contributed by atoms with E-state index < -0.39 is 16.9 Å². The lowest BCUT2D eigenvalue weighted by molar-refractivity contribution is 0.151. The van der Waals surface area contributed by atoms with Gasteiger partial charge in [-0.3, -0.25) is 20.6 Å². The third-order valence-electron chi connectivity index (χ3n) is 6.14. The molecule has 0 aliphatic carbocycles. The van der Waals surface area contributed by atoms with Crippen LogP contribution in [0, 0.1) is 11.7 Å². The first-order valence-electron chi connectivity index (χ1n) is 11.3. The molecule has 3 unspecified atom stereocenters. The minimum atomic E-state index is -0.783. The molecule has 4 rings (SSSR count). The highest BCUT2D eigenvalue weighted by molar-refractivity contribution is 7.80. The number of nitrogens with zero attached hydrogens (tertiary/aromatic N) is 5. The molecule has 0 saturated carbocycles. The first-order chi connectivity index (χ1) is 16.4. The van der Waals surface area contributed by atoms with Gasteiger partial charge in [-0.15, -0.1) is 12.6 Å². The van der Waals surface area contributed by atoms with Crippen LogP contribution < -0.4 is 15.5 Å². The van der Waals surface area contributed by atoms with Crippen LogP contribution in [0.15, 0.2) is 55.1 Å². The van der Waals surface area contributed by atoms with Gasteiger partial charge >= 0.3 is 0 Å². The lowest BCUT2D eigenvalue weighted by Gasteiger charge is -2.36. The predicted octanol–water partition coefficient (Wildman–Crippen LogP) is 2.45. The van der Waals surface area contributed by atoms with E-state index in [-0.39, 0.29) is 18.4 Å². The summed E-state index contributed by atoms with van der Waals surface area (Å²) in [5.74, 6) is -0.335. The molecule has 0 bridgehead atoms. The van der Waals surface area contributed by atoms with Crippen molar-refractivity contribution in [1.82, 2.24) is 30.6 Å². The second-order valence-corrected chi connectivity index (χ2v) is 9.31. The molecule has 1 aromatic carbocycles. The van der Waals surface area contributed by atoms with Crippen molar-refractivity contribution < 1.29 is 9.50 Å². The molecule has 0 radical (unpaired) electrons. The van der Waals surface area contributed by atoms with Crippen LogP contribution >= 0.6 is 12.6 Å². The number of thiol groups is 1. The summed E-state index contributed by atoms with van der Waals surface area (Å²) >= 11 is 4.74. The number of aliphatic hydroxyl groups is 1. The molecular formula is C24H30FN7OS. The van der Waals surface area contributed by atoms with E-state index in [0.717, 1.165) is 5.56 Å². The zero-order valence-electron chi connectivity index (χ0n) is 19.3. The van der Waals surface area contributed by atoms with Crippen LogP contribution in [0.3, 0.4) is 0 Å². The van der Waals surface area contributed by atoms with Crippen LogP contribution in [0.2, 0.25) is 0 Å². The first kappa shape index (κ1) is 24.5. The molecule has 3 N–H and O–H groups in total. The number of nitrogens with one attached hydrogen (secondary N) is 2. The van der Waals surface area contributed by atoms with Gasteiger partial charge in [-0.1, -0.05) is 44.2 Å². The van der Waals surface area contributed by atoms with Crippen molar-refractivity contribution in [3.05, 3.63) is 77.9 Å². The molecule has 10 heteroatoms. The van der Waals surface area contributed by atoms with Crippen LogP contribution in [0.1, 0.15) is 36.7 Å². The zero-order chi connectivity index (χ0) is 24.1. The maximum absolute atomic E-state index is 14.2. The van der Waals surface area contributed by atoms with Gasteiger partial charge in [-0.25, -0.2) is 14.4 Å². The number of hydrogen-bond acceptors (Lipinski definition) is 9. The van der Waals surface area contributed by atoms with E-state index in [1.807, 2.05) is 49.1 Å². The van der Waals surface area contributed by atoms with E-state index in [4.69, 9.17) is 12.6 Å². The maximum atomic E-state index is 14.2. The van der Waals surface area contributed by atoms with E-state index in [2.05, 4.69) is 30.6 Å². The molecule has 0 amide bonds.